The summed E-state index contributed by atoms with van der Waals surface area (Å²) in [4.78, 5) is 4.84. The van der Waals surface area contributed by atoms with Crippen LogP contribution < -0.4 is 10.5 Å². The number of amidine groups is 1. The lowest BCUT2D eigenvalue weighted by molar-refractivity contribution is 0.0528. The van der Waals surface area contributed by atoms with Crippen molar-refractivity contribution in [1.29, 1.82) is 10.7 Å². The molecule has 1 aliphatic carbocycles. The number of aryl methyl sites for hydroxylation is 1. The molecule has 0 heterocycles. The molecule has 2 aromatic carbocycles. The summed E-state index contributed by atoms with van der Waals surface area (Å²) in [5.41, 5.74) is 11.1. The van der Waals surface area contributed by atoms with Gasteiger partial charge in [0.05, 0.1) is 36.6 Å². The Morgan fingerprint density at radius 1 is 1.12 bits per heavy atom. The summed E-state index contributed by atoms with van der Waals surface area (Å²) in [6, 6.07) is 13.9. The molecule has 1 aliphatic rings. The maximum atomic E-state index is 9.41. The first-order chi connectivity index (χ1) is 15.4. The molecule has 1 atom stereocenters. The number of hydrogen-bond donors (Lipinski definition) is 2. The zero-order chi connectivity index (χ0) is 23.3. The number of methoxy groups -OCH3 is 2. The van der Waals surface area contributed by atoms with Gasteiger partial charge in [-0.1, -0.05) is 12.1 Å². The minimum absolute atomic E-state index is 0.130. The first-order valence-electron chi connectivity index (χ1n) is 11.0. The fraction of sp³-hybridized carbons (Fsp3) is 0.423. The van der Waals surface area contributed by atoms with Crippen molar-refractivity contribution in [3.63, 3.8) is 0 Å². The quantitative estimate of drug-likeness (QED) is 0.464. The smallest absolute Gasteiger partial charge is 0.139 e. The van der Waals surface area contributed by atoms with Crippen molar-refractivity contribution in [2.75, 3.05) is 14.2 Å². The van der Waals surface area contributed by atoms with Crippen LogP contribution in [0.15, 0.2) is 41.4 Å². The molecule has 32 heavy (non-hydrogen) atoms. The standard InChI is InChI=1S/C26H32N4O2/c1-16-5-6-20(21-11-18(15-27)12-23(13-21)32-4)14-24(16)25(30-26(29)17(2)28)19-7-9-22(31-3)10-8-19/h5-6,11-14,19,22,25,28H,7-10H2,1-4H3,(H2,29,30). The van der Waals surface area contributed by atoms with Gasteiger partial charge in [0.25, 0.3) is 0 Å². The number of aliphatic imine (C=N–C) groups is 1. The molecular weight excluding hydrogens is 400 g/mol. The molecule has 6 heteroatoms. The predicted octanol–water partition coefficient (Wildman–Crippen LogP) is 5.19. The third kappa shape index (κ3) is 5.35. The van der Waals surface area contributed by atoms with Crippen LogP contribution in [0.3, 0.4) is 0 Å². The van der Waals surface area contributed by atoms with E-state index < -0.39 is 0 Å². The third-order valence-corrected chi connectivity index (χ3v) is 6.36. The van der Waals surface area contributed by atoms with E-state index in [9.17, 15) is 5.26 Å². The van der Waals surface area contributed by atoms with Crippen LogP contribution in [0.4, 0.5) is 0 Å². The van der Waals surface area contributed by atoms with Crippen molar-refractivity contribution in [2.45, 2.75) is 51.7 Å². The molecule has 3 rings (SSSR count). The Bertz CT molecular complexity index is 1050. The molecule has 0 amide bonds. The van der Waals surface area contributed by atoms with Gasteiger partial charge in [0.1, 0.15) is 11.6 Å². The second-order valence-electron chi connectivity index (χ2n) is 8.49. The highest BCUT2D eigenvalue weighted by molar-refractivity contribution is 6.38. The van der Waals surface area contributed by atoms with E-state index in [0.717, 1.165) is 47.9 Å². The van der Waals surface area contributed by atoms with Gasteiger partial charge in [-0.05, 0) is 92.0 Å². The van der Waals surface area contributed by atoms with E-state index in [1.54, 1.807) is 27.2 Å². The normalized spacial score (nSPS) is 19.8. The van der Waals surface area contributed by atoms with Gasteiger partial charge >= 0.3 is 0 Å². The zero-order valence-electron chi connectivity index (χ0n) is 19.3. The Morgan fingerprint density at radius 2 is 1.84 bits per heavy atom. The van der Waals surface area contributed by atoms with Crippen molar-refractivity contribution in [3.05, 3.63) is 53.1 Å². The molecule has 168 valence electrons. The number of benzene rings is 2. The first-order valence-corrected chi connectivity index (χ1v) is 11.0. The maximum absolute atomic E-state index is 9.41. The van der Waals surface area contributed by atoms with Gasteiger partial charge in [-0.2, -0.15) is 5.26 Å². The van der Waals surface area contributed by atoms with E-state index in [0.29, 0.717) is 23.3 Å². The van der Waals surface area contributed by atoms with Crippen LogP contribution in [-0.2, 0) is 4.74 Å². The van der Waals surface area contributed by atoms with Gasteiger partial charge in [-0.3, -0.25) is 4.99 Å². The molecule has 3 N–H and O–H groups in total. The molecule has 0 saturated heterocycles. The third-order valence-electron chi connectivity index (χ3n) is 6.36. The average Bonchev–Trinajstić information content (AvgIpc) is 2.82. The van der Waals surface area contributed by atoms with Gasteiger partial charge in [-0.25, -0.2) is 0 Å². The van der Waals surface area contributed by atoms with Crippen molar-refractivity contribution in [1.82, 2.24) is 0 Å². The summed E-state index contributed by atoms with van der Waals surface area (Å²) >= 11 is 0. The van der Waals surface area contributed by atoms with Crippen molar-refractivity contribution >= 4 is 11.5 Å². The Hall–Kier alpha value is -3.17. The van der Waals surface area contributed by atoms with E-state index >= 15 is 0 Å². The number of nitriles is 1. The minimum Gasteiger partial charge on any atom is -0.497 e. The number of nitrogens with zero attached hydrogens (tertiary/aromatic N) is 2. The van der Waals surface area contributed by atoms with Crippen LogP contribution in [0.25, 0.3) is 11.1 Å². The maximum Gasteiger partial charge on any atom is 0.139 e. The summed E-state index contributed by atoms with van der Waals surface area (Å²) in [5, 5.41) is 17.3. The van der Waals surface area contributed by atoms with Gasteiger partial charge in [0.2, 0.25) is 0 Å². The van der Waals surface area contributed by atoms with Crippen molar-refractivity contribution in [3.8, 4) is 22.9 Å². The molecule has 1 fully saturated rings. The molecule has 0 bridgehead atoms. The molecule has 1 saturated carbocycles. The van der Waals surface area contributed by atoms with E-state index in [1.807, 2.05) is 12.1 Å². The van der Waals surface area contributed by atoms with Gasteiger partial charge in [0.15, 0.2) is 0 Å². The van der Waals surface area contributed by atoms with Crippen molar-refractivity contribution < 1.29 is 9.47 Å². The lowest BCUT2D eigenvalue weighted by atomic mass is 9.78. The second-order valence-corrected chi connectivity index (χ2v) is 8.49. The first kappa shape index (κ1) is 23.5. The van der Waals surface area contributed by atoms with E-state index in [-0.39, 0.29) is 17.6 Å². The average molecular weight is 433 g/mol. The molecule has 2 aromatic rings. The fourth-order valence-corrected chi connectivity index (χ4v) is 4.40. The van der Waals surface area contributed by atoms with Crippen molar-refractivity contribution in [2.24, 2.45) is 16.6 Å². The molecule has 1 unspecified atom stereocenters. The minimum atomic E-state index is -0.130. The van der Waals surface area contributed by atoms with Crippen LogP contribution in [0.1, 0.15) is 55.3 Å². The van der Waals surface area contributed by atoms with Crippen LogP contribution >= 0.6 is 0 Å². The van der Waals surface area contributed by atoms with Gasteiger partial charge < -0.3 is 20.6 Å². The fourth-order valence-electron chi connectivity index (χ4n) is 4.40. The van der Waals surface area contributed by atoms with Crippen LogP contribution in [-0.4, -0.2) is 31.9 Å². The van der Waals surface area contributed by atoms with E-state index in [1.165, 1.54) is 0 Å². The summed E-state index contributed by atoms with van der Waals surface area (Å²) in [5.74, 6) is 1.26. The molecule has 0 aliphatic heterocycles. The van der Waals surface area contributed by atoms with Crippen LogP contribution in [0.2, 0.25) is 0 Å². The number of nitrogens with one attached hydrogen (secondary N) is 1. The highest BCUT2D eigenvalue weighted by atomic mass is 16.5. The Balaban J connectivity index is 2.06. The molecular formula is C26H32N4O2. The second kappa shape index (κ2) is 10.4. The summed E-state index contributed by atoms with van der Waals surface area (Å²) in [7, 11) is 3.37. The zero-order valence-corrected chi connectivity index (χ0v) is 19.3. The van der Waals surface area contributed by atoms with Gasteiger partial charge in [0, 0.05) is 7.11 Å². The van der Waals surface area contributed by atoms with Crippen LogP contribution in [0.5, 0.6) is 5.75 Å². The largest absolute Gasteiger partial charge is 0.497 e. The molecule has 0 radical (unpaired) electrons. The summed E-state index contributed by atoms with van der Waals surface area (Å²) in [6.45, 7) is 3.75. The lowest BCUT2D eigenvalue weighted by Gasteiger charge is -2.32. The van der Waals surface area contributed by atoms with E-state index in [2.05, 4.69) is 31.2 Å². The Kier molecular flexibility index (Phi) is 7.66. The van der Waals surface area contributed by atoms with Gasteiger partial charge in [-0.15, -0.1) is 0 Å². The number of nitrogens with two attached hydrogens (primary N) is 1. The topological polar surface area (TPSA) is 104 Å². The summed E-state index contributed by atoms with van der Waals surface area (Å²) < 4.78 is 10.9. The summed E-state index contributed by atoms with van der Waals surface area (Å²) in [6.07, 6.45) is 4.29. The van der Waals surface area contributed by atoms with E-state index in [4.69, 9.17) is 25.6 Å². The molecule has 6 nitrogen and oxygen atoms in total. The number of rotatable bonds is 7. The van der Waals surface area contributed by atoms with Crippen LogP contribution in [0, 0.1) is 29.6 Å². The lowest BCUT2D eigenvalue weighted by Crippen LogP contribution is -2.27. The molecule has 0 spiro atoms. The number of hydrogen-bond acceptors (Lipinski definition) is 5. The highest BCUT2D eigenvalue weighted by Gasteiger charge is 2.30. The monoisotopic (exact) mass is 432 g/mol. The highest BCUT2D eigenvalue weighted by Crippen LogP contribution is 2.40. The number of ether oxygens (including phenoxy) is 2. The Morgan fingerprint density at radius 3 is 2.44 bits per heavy atom. The SMILES string of the molecule is COc1cc(C#N)cc(-c2ccc(C)c(C(N=C(N)C(C)=N)C3CCC(OC)CC3)c2)c1. The predicted molar refractivity (Wildman–Crippen MR) is 128 cm³/mol. The Labute approximate surface area is 190 Å². The molecule has 0 aromatic heterocycles.